The van der Waals surface area contributed by atoms with E-state index in [2.05, 4.69) is 17.2 Å². The molecule has 6 heteroatoms. The zero-order chi connectivity index (χ0) is 19.4. The van der Waals surface area contributed by atoms with Crippen LogP contribution in [0.15, 0.2) is 24.3 Å². The van der Waals surface area contributed by atoms with Gasteiger partial charge in [0.15, 0.2) is 0 Å². The zero-order valence-corrected chi connectivity index (χ0v) is 16.3. The first kappa shape index (κ1) is 19.4. The van der Waals surface area contributed by atoms with Crippen molar-refractivity contribution in [3.8, 4) is 0 Å². The van der Waals surface area contributed by atoms with E-state index in [0.29, 0.717) is 37.0 Å². The topological polar surface area (TPSA) is 91.2 Å². The molecule has 4 N–H and O–H groups in total. The summed E-state index contributed by atoms with van der Waals surface area (Å²) in [4.78, 5) is 29.9. The standard InChI is InChI=1S/C21H30N4O2/c1-14-5-3-6-16-11-18(24-20(14)16)21(27)23-12-17-8-10-25(13-15(17)2)19(26)7-4-9-22/h3,5-6,11,15,17,24H,4,7-10,12-13,22H2,1-2H3,(H,23,27)/t15-,17-/m0/s1. The largest absolute Gasteiger partial charge is 0.350 e. The van der Waals surface area contributed by atoms with Crippen molar-refractivity contribution in [3.63, 3.8) is 0 Å². The molecule has 2 aromatic rings. The minimum absolute atomic E-state index is 0.0701. The van der Waals surface area contributed by atoms with Gasteiger partial charge in [-0.25, -0.2) is 0 Å². The van der Waals surface area contributed by atoms with Crippen LogP contribution in [0.1, 0.15) is 42.2 Å². The molecule has 27 heavy (non-hydrogen) atoms. The second kappa shape index (κ2) is 8.57. The zero-order valence-electron chi connectivity index (χ0n) is 16.3. The van der Waals surface area contributed by atoms with E-state index in [9.17, 15) is 9.59 Å². The minimum atomic E-state index is -0.0701. The van der Waals surface area contributed by atoms with E-state index in [1.54, 1.807) is 0 Å². The summed E-state index contributed by atoms with van der Waals surface area (Å²) in [6.07, 6.45) is 2.19. The van der Waals surface area contributed by atoms with Crippen molar-refractivity contribution < 1.29 is 9.59 Å². The number of hydrogen-bond acceptors (Lipinski definition) is 3. The number of nitrogens with one attached hydrogen (secondary N) is 2. The first-order valence-corrected chi connectivity index (χ1v) is 9.84. The first-order chi connectivity index (χ1) is 13.0. The maximum atomic E-state index is 12.5. The van der Waals surface area contributed by atoms with Gasteiger partial charge in [-0.1, -0.05) is 25.1 Å². The Morgan fingerprint density at radius 2 is 2.19 bits per heavy atom. The third kappa shape index (κ3) is 4.50. The number of nitrogens with two attached hydrogens (primary N) is 1. The number of H-pyrrole nitrogens is 1. The fourth-order valence-corrected chi connectivity index (χ4v) is 3.88. The summed E-state index contributed by atoms with van der Waals surface area (Å²) in [6.45, 7) is 6.90. The Kier molecular flexibility index (Phi) is 6.16. The minimum Gasteiger partial charge on any atom is -0.350 e. The second-order valence-electron chi connectivity index (χ2n) is 7.69. The number of aromatic amines is 1. The molecule has 0 spiro atoms. The predicted molar refractivity (Wildman–Crippen MR) is 108 cm³/mol. The van der Waals surface area contributed by atoms with Crippen LogP contribution in [0, 0.1) is 18.8 Å². The van der Waals surface area contributed by atoms with Crippen molar-refractivity contribution >= 4 is 22.7 Å². The summed E-state index contributed by atoms with van der Waals surface area (Å²) in [5, 5.41) is 4.12. The number of carbonyl (C=O) groups is 2. The van der Waals surface area contributed by atoms with Crippen molar-refractivity contribution in [2.45, 2.75) is 33.1 Å². The molecule has 2 atom stereocenters. The van der Waals surface area contributed by atoms with Gasteiger partial charge in [-0.05, 0) is 49.8 Å². The normalized spacial score (nSPS) is 20.0. The van der Waals surface area contributed by atoms with Gasteiger partial charge in [0.05, 0.1) is 0 Å². The van der Waals surface area contributed by atoms with E-state index in [4.69, 9.17) is 5.73 Å². The Bertz CT molecular complexity index is 814. The summed E-state index contributed by atoms with van der Waals surface area (Å²) in [6, 6.07) is 7.94. The van der Waals surface area contributed by atoms with Crippen LogP contribution in [0.3, 0.4) is 0 Å². The molecule has 0 aliphatic carbocycles. The number of fused-ring (bicyclic) bond motifs is 1. The van der Waals surface area contributed by atoms with Gasteiger partial charge in [-0.3, -0.25) is 9.59 Å². The summed E-state index contributed by atoms with van der Waals surface area (Å²) in [7, 11) is 0. The number of nitrogens with zero attached hydrogens (tertiary/aromatic N) is 1. The van der Waals surface area contributed by atoms with Crippen LogP contribution in [-0.2, 0) is 4.79 Å². The molecule has 6 nitrogen and oxygen atoms in total. The number of aromatic nitrogens is 1. The number of likely N-dealkylation sites (tertiary alicyclic amines) is 1. The van der Waals surface area contributed by atoms with Crippen molar-refractivity contribution in [1.29, 1.82) is 0 Å². The Balaban J connectivity index is 1.53. The van der Waals surface area contributed by atoms with Gasteiger partial charge >= 0.3 is 0 Å². The summed E-state index contributed by atoms with van der Waals surface area (Å²) in [5.41, 5.74) is 8.23. The lowest BCUT2D eigenvalue weighted by Gasteiger charge is -2.37. The molecule has 0 radical (unpaired) electrons. The van der Waals surface area contributed by atoms with Crippen LogP contribution in [-0.4, -0.2) is 47.9 Å². The first-order valence-electron chi connectivity index (χ1n) is 9.84. The molecular weight excluding hydrogens is 340 g/mol. The highest BCUT2D eigenvalue weighted by molar-refractivity contribution is 5.98. The monoisotopic (exact) mass is 370 g/mol. The molecule has 0 unspecified atom stereocenters. The Hall–Kier alpha value is -2.34. The average Bonchev–Trinajstić information content (AvgIpc) is 3.10. The van der Waals surface area contributed by atoms with Crippen molar-refractivity contribution in [1.82, 2.24) is 15.2 Å². The molecule has 1 fully saturated rings. The number of para-hydroxylation sites is 1. The van der Waals surface area contributed by atoms with Gasteiger partial charge in [-0.15, -0.1) is 0 Å². The molecule has 0 saturated carbocycles. The molecule has 1 aromatic heterocycles. The van der Waals surface area contributed by atoms with Crippen LogP contribution in [0.25, 0.3) is 10.9 Å². The summed E-state index contributed by atoms with van der Waals surface area (Å²) >= 11 is 0. The lowest BCUT2D eigenvalue weighted by atomic mass is 9.86. The number of piperidine rings is 1. The number of hydrogen-bond donors (Lipinski definition) is 3. The molecule has 1 saturated heterocycles. The van der Waals surface area contributed by atoms with E-state index in [1.807, 2.05) is 36.1 Å². The van der Waals surface area contributed by atoms with E-state index < -0.39 is 0 Å². The summed E-state index contributed by atoms with van der Waals surface area (Å²) < 4.78 is 0. The average molecular weight is 370 g/mol. The molecule has 0 bridgehead atoms. The fraction of sp³-hybridized carbons (Fsp3) is 0.524. The maximum Gasteiger partial charge on any atom is 0.267 e. The molecule has 1 aromatic carbocycles. The lowest BCUT2D eigenvalue weighted by Crippen LogP contribution is -2.46. The molecular formula is C21H30N4O2. The highest BCUT2D eigenvalue weighted by atomic mass is 16.2. The molecule has 1 aliphatic heterocycles. The van der Waals surface area contributed by atoms with Crippen LogP contribution in [0.4, 0.5) is 0 Å². The van der Waals surface area contributed by atoms with E-state index in [-0.39, 0.29) is 11.8 Å². The maximum absolute atomic E-state index is 12.5. The van der Waals surface area contributed by atoms with Crippen LogP contribution in [0.5, 0.6) is 0 Å². The summed E-state index contributed by atoms with van der Waals surface area (Å²) in [5.74, 6) is 0.881. The van der Waals surface area contributed by atoms with E-state index >= 15 is 0 Å². The highest BCUT2D eigenvalue weighted by Crippen LogP contribution is 2.24. The lowest BCUT2D eigenvalue weighted by molar-refractivity contribution is -0.133. The predicted octanol–water partition coefficient (Wildman–Crippen LogP) is 2.43. The van der Waals surface area contributed by atoms with Gasteiger partial charge in [-0.2, -0.15) is 0 Å². The van der Waals surface area contributed by atoms with Crippen molar-refractivity contribution in [2.24, 2.45) is 17.6 Å². The SMILES string of the molecule is Cc1cccc2cc(C(=O)NC[C@@H]3CCN(C(=O)CCCN)C[C@@H]3C)[nH]c12. The highest BCUT2D eigenvalue weighted by Gasteiger charge is 2.28. The number of rotatable bonds is 6. The van der Waals surface area contributed by atoms with Gasteiger partial charge < -0.3 is 20.9 Å². The number of aryl methyl sites for hydroxylation is 1. The van der Waals surface area contributed by atoms with Gasteiger partial charge in [0.1, 0.15) is 5.69 Å². The molecule has 3 rings (SSSR count). The molecule has 2 heterocycles. The van der Waals surface area contributed by atoms with Crippen LogP contribution < -0.4 is 11.1 Å². The Morgan fingerprint density at radius 3 is 2.89 bits per heavy atom. The molecule has 2 amide bonds. The fourth-order valence-electron chi connectivity index (χ4n) is 3.88. The third-order valence-corrected chi connectivity index (χ3v) is 5.66. The van der Waals surface area contributed by atoms with Crippen LogP contribution >= 0.6 is 0 Å². The van der Waals surface area contributed by atoms with Gasteiger partial charge in [0, 0.05) is 37.0 Å². The smallest absolute Gasteiger partial charge is 0.267 e. The Morgan fingerprint density at radius 1 is 1.37 bits per heavy atom. The Labute approximate surface area is 160 Å². The quantitative estimate of drug-likeness (QED) is 0.729. The van der Waals surface area contributed by atoms with Crippen molar-refractivity contribution in [3.05, 3.63) is 35.5 Å². The number of amides is 2. The molecule has 1 aliphatic rings. The second-order valence-corrected chi connectivity index (χ2v) is 7.69. The van der Waals surface area contributed by atoms with Crippen LogP contribution in [0.2, 0.25) is 0 Å². The van der Waals surface area contributed by atoms with E-state index in [0.717, 1.165) is 42.4 Å². The number of benzene rings is 1. The number of carbonyl (C=O) groups excluding carboxylic acids is 2. The van der Waals surface area contributed by atoms with E-state index in [1.165, 1.54) is 0 Å². The molecule has 146 valence electrons. The van der Waals surface area contributed by atoms with Crippen molar-refractivity contribution in [2.75, 3.05) is 26.2 Å². The third-order valence-electron chi connectivity index (χ3n) is 5.66. The van der Waals surface area contributed by atoms with Gasteiger partial charge in [0.25, 0.3) is 5.91 Å². The van der Waals surface area contributed by atoms with Gasteiger partial charge in [0.2, 0.25) is 5.91 Å².